The second-order valence-electron chi connectivity index (χ2n) is 4.14. The molecule has 0 aliphatic heterocycles. The van der Waals surface area contributed by atoms with E-state index < -0.39 is 0 Å². The Morgan fingerprint density at radius 1 is 1.00 bits per heavy atom. The van der Waals surface area contributed by atoms with Crippen LogP contribution < -0.4 is 5.32 Å². The third-order valence-electron chi connectivity index (χ3n) is 2.74. The summed E-state index contributed by atoms with van der Waals surface area (Å²) < 4.78 is 12.7. The van der Waals surface area contributed by atoms with Crippen molar-refractivity contribution in [2.24, 2.45) is 0 Å². The second kappa shape index (κ2) is 6.48. The molecule has 0 saturated carbocycles. The van der Waals surface area contributed by atoms with Crippen molar-refractivity contribution in [2.45, 2.75) is 11.9 Å². The Hall–Kier alpha value is -1.68. The topological polar surface area (TPSA) is 29.1 Å². The highest BCUT2D eigenvalue weighted by Gasteiger charge is 2.05. The highest BCUT2D eigenvalue weighted by Crippen LogP contribution is 2.08. The summed E-state index contributed by atoms with van der Waals surface area (Å²) in [7, 11) is 0. The van der Waals surface area contributed by atoms with Crippen LogP contribution in [0.1, 0.15) is 21.5 Å². The zero-order valence-corrected chi connectivity index (χ0v) is 11.8. The smallest absolute Gasteiger partial charge is 0.251 e. The van der Waals surface area contributed by atoms with E-state index in [1.807, 2.05) is 24.3 Å². The molecule has 0 bridgehead atoms. The van der Waals surface area contributed by atoms with Crippen molar-refractivity contribution in [3.05, 3.63) is 71.0 Å². The Labute approximate surface area is 119 Å². The van der Waals surface area contributed by atoms with Crippen molar-refractivity contribution in [1.82, 2.24) is 5.32 Å². The normalized spacial score (nSPS) is 10.2. The Bertz CT molecular complexity index is 551. The summed E-state index contributed by atoms with van der Waals surface area (Å²) in [6, 6.07) is 13.5. The average Bonchev–Trinajstić information content (AvgIpc) is 2.46. The lowest BCUT2D eigenvalue weighted by Crippen LogP contribution is -2.22. The van der Waals surface area contributed by atoms with E-state index in [4.69, 9.17) is 0 Å². The molecular formula is C15H13BrFNO. The second-order valence-corrected chi connectivity index (χ2v) is 4.70. The fraction of sp³-hybridized carbons (Fsp3) is 0.133. The summed E-state index contributed by atoms with van der Waals surface area (Å²) in [5.74, 6) is -0.550. The number of alkyl halides is 1. The molecule has 2 nitrogen and oxygen atoms in total. The maximum atomic E-state index is 12.7. The first kappa shape index (κ1) is 13.7. The number of hydrogen-bond acceptors (Lipinski definition) is 1. The largest absolute Gasteiger partial charge is 0.348 e. The number of nitrogens with one attached hydrogen (secondary N) is 1. The van der Waals surface area contributed by atoms with Crippen molar-refractivity contribution < 1.29 is 9.18 Å². The van der Waals surface area contributed by atoms with Gasteiger partial charge in [0.15, 0.2) is 0 Å². The highest BCUT2D eigenvalue weighted by molar-refractivity contribution is 9.08. The Balaban J connectivity index is 1.94. The van der Waals surface area contributed by atoms with E-state index in [0.717, 1.165) is 10.9 Å². The van der Waals surface area contributed by atoms with Gasteiger partial charge in [-0.3, -0.25) is 4.79 Å². The third-order valence-corrected chi connectivity index (χ3v) is 3.38. The van der Waals surface area contributed by atoms with Gasteiger partial charge in [-0.05, 0) is 35.4 Å². The summed E-state index contributed by atoms with van der Waals surface area (Å²) >= 11 is 3.38. The fourth-order valence-corrected chi connectivity index (χ4v) is 2.01. The molecule has 0 aliphatic rings. The Morgan fingerprint density at radius 3 is 2.16 bits per heavy atom. The monoisotopic (exact) mass is 321 g/mol. The molecule has 0 spiro atoms. The van der Waals surface area contributed by atoms with Crippen LogP contribution in [0.25, 0.3) is 0 Å². The van der Waals surface area contributed by atoms with Gasteiger partial charge in [-0.25, -0.2) is 4.39 Å². The minimum atomic E-state index is -0.345. The maximum absolute atomic E-state index is 12.7. The minimum absolute atomic E-state index is 0.204. The van der Waals surface area contributed by atoms with Crippen molar-refractivity contribution in [2.75, 3.05) is 0 Å². The van der Waals surface area contributed by atoms with Crippen LogP contribution >= 0.6 is 15.9 Å². The summed E-state index contributed by atoms with van der Waals surface area (Å²) in [4.78, 5) is 11.8. The quantitative estimate of drug-likeness (QED) is 0.856. The molecule has 0 unspecified atom stereocenters. The van der Waals surface area contributed by atoms with Crippen LogP contribution in [0.4, 0.5) is 4.39 Å². The van der Waals surface area contributed by atoms with Gasteiger partial charge in [-0.1, -0.05) is 40.2 Å². The minimum Gasteiger partial charge on any atom is -0.348 e. The molecule has 4 heteroatoms. The molecule has 98 valence electrons. The van der Waals surface area contributed by atoms with Crippen molar-refractivity contribution in [3.63, 3.8) is 0 Å². The summed E-state index contributed by atoms with van der Waals surface area (Å²) in [5, 5.41) is 3.61. The van der Waals surface area contributed by atoms with E-state index in [0.29, 0.717) is 12.1 Å². The molecule has 0 saturated heterocycles. The number of hydrogen-bond donors (Lipinski definition) is 1. The molecule has 0 radical (unpaired) electrons. The van der Waals surface area contributed by atoms with Gasteiger partial charge >= 0.3 is 0 Å². The molecule has 0 aliphatic carbocycles. The number of amides is 1. The Kier molecular flexibility index (Phi) is 4.68. The first-order valence-corrected chi connectivity index (χ1v) is 6.99. The van der Waals surface area contributed by atoms with Gasteiger partial charge in [-0.15, -0.1) is 0 Å². The van der Waals surface area contributed by atoms with Crippen LogP contribution in [0.3, 0.4) is 0 Å². The first-order chi connectivity index (χ1) is 9.19. The number of rotatable bonds is 4. The van der Waals surface area contributed by atoms with Crippen LogP contribution in [0.2, 0.25) is 0 Å². The molecule has 1 amide bonds. The van der Waals surface area contributed by atoms with Crippen molar-refractivity contribution in [3.8, 4) is 0 Å². The summed E-state index contributed by atoms with van der Waals surface area (Å²) in [5.41, 5.74) is 2.67. The predicted octanol–water partition coefficient (Wildman–Crippen LogP) is 3.65. The van der Waals surface area contributed by atoms with Crippen LogP contribution in [0, 0.1) is 5.82 Å². The van der Waals surface area contributed by atoms with Gasteiger partial charge in [0.25, 0.3) is 5.91 Å². The third kappa shape index (κ3) is 3.89. The van der Waals surface area contributed by atoms with Gasteiger partial charge in [0.2, 0.25) is 0 Å². The van der Waals surface area contributed by atoms with Crippen molar-refractivity contribution in [1.29, 1.82) is 0 Å². The zero-order chi connectivity index (χ0) is 13.7. The van der Waals surface area contributed by atoms with Gasteiger partial charge in [0, 0.05) is 17.4 Å². The molecular weight excluding hydrogens is 309 g/mol. The molecule has 0 aromatic heterocycles. The molecule has 0 atom stereocenters. The summed E-state index contributed by atoms with van der Waals surface area (Å²) in [6.45, 7) is 0.457. The number of benzene rings is 2. The van der Waals surface area contributed by atoms with Crippen LogP contribution in [-0.2, 0) is 11.9 Å². The molecule has 1 N–H and O–H groups in total. The first-order valence-electron chi connectivity index (χ1n) is 5.86. The predicted molar refractivity (Wildman–Crippen MR) is 76.6 cm³/mol. The zero-order valence-electron chi connectivity index (χ0n) is 10.2. The highest BCUT2D eigenvalue weighted by atomic mass is 79.9. The Morgan fingerprint density at radius 2 is 1.58 bits per heavy atom. The van der Waals surface area contributed by atoms with E-state index in [-0.39, 0.29) is 11.7 Å². The van der Waals surface area contributed by atoms with Crippen LogP contribution in [-0.4, -0.2) is 5.91 Å². The molecule has 2 rings (SSSR count). The fourth-order valence-electron chi connectivity index (χ4n) is 1.63. The van der Waals surface area contributed by atoms with Gasteiger partial charge in [0.1, 0.15) is 5.82 Å². The molecule has 2 aromatic rings. The van der Waals surface area contributed by atoms with E-state index in [9.17, 15) is 9.18 Å². The molecule has 2 aromatic carbocycles. The van der Waals surface area contributed by atoms with Gasteiger partial charge in [0.05, 0.1) is 0 Å². The summed E-state index contributed by atoms with van der Waals surface area (Å²) in [6.07, 6.45) is 0. The molecule has 0 fully saturated rings. The van der Waals surface area contributed by atoms with Crippen molar-refractivity contribution >= 4 is 21.8 Å². The lowest BCUT2D eigenvalue weighted by molar-refractivity contribution is 0.0951. The molecule has 0 heterocycles. The van der Waals surface area contributed by atoms with Gasteiger partial charge < -0.3 is 5.32 Å². The van der Waals surface area contributed by atoms with E-state index in [1.165, 1.54) is 29.8 Å². The number of halogens is 2. The molecule has 19 heavy (non-hydrogen) atoms. The average molecular weight is 322 g/mol. The SMILES string of the molecule is O=C(NCc1ccc(CBr)cc1)c1ccc(F)cc1. The standard InChI is InChI=1S/C15H13BrFNO/c16-9-11-1-3-12(4-2-11)10-18-15(19)13-5-7-14(17)8-6-13/h1-8H,9-10H2,(H,18,19). The maximum Gasteiger partial charge on any atom is 0.251 e. The lowest BCUT2D eigenvalue weighted by Gasteiger charge is -2.06. The van der Waals surface area contributed by atoms with Crippen LogP contribution in [0.15, 0.2) is 48.5 Å². The number of carbonyl (C=O) groups excluding carboxylic acids is 1. The van der Waals surface area contributed by atoms with E-state index in [2.05, 4.69) is 21.2 Å². The van der Waals surface area contributed by atoms with Gasteiger partial charge in [-0.2, -0.15) is 0 Å². The lowest BCUT2D eigenvalue weighted by atomic mass is 10.1. The number of carbonyl (C=O) groups is 1. The van der Waals surface area contributed by atoms with E-state index >= 15 is 0 Å². The van der Waals surface area contributed by atoms with E-state index in [1.54, 1.807) is 0 Å². The van der Waals surface area contributed by atoms with Crippen LogP contribution in [0.5, 0.6) is 0 Å².